The summed E-state index contributed by atoms with van der Waals surface area (Å²) in [5.41, 5.74) is 7.74. The molecule has 0 fully saturated rings. The van der Waals surface area contributed by atoms with E-state index in [0.717, 1.165) is 15.7 Å². The standard InChI is InChI=1S/C12H15ClN4S/c1-7(2)10-9(14)12(17(3)16-10)18-11-8(13)5-4-6-15-11/h4-7H,14H2,1-3H3. The maximum Gasteiger partial charge on any atom is 0.123 e. The highest BCUT2D eigenvalue weighted by Gasteiger charge is 2.18. The van der Waals surface area contributed by atoms with Gasteiger partial charge in [0.1, 0.15) is 10.1 Å². The topological polar surface area (TPSA) is 56.7 Å². The molecule has 0 aliphatic carbocycles. The van der Waals surface area contributed by atoms with Crippen LogP contribution in [0.1, 0.15) is 25.5 Å². The van der Waals surface area contributed by atoms with Gasteiger partial charge < -0.3 is 5.73 Å². The summed E-state index contributed by atoms with van der Waals surface area (Å²) in [7, 11) is 1.88. The van der Waals surface area contributed by atoms with Crippen LogP contribution in [0.25, 0.3) is 0 Å². The first kappa shape index (κ1) is 13.2. The zero-order valence-electron chi connectivity index (χ0n) is 10.5. The molecule has 0 saturated heterocycles. The van der Waals surface area contributed by atoms with Crippen LogP contribution >= 0.6 is 23.4 Å². The number of aromatic nitrogens is 3. The van der Waals surface area contributed by atoms with Crippen molar-refractivity contribution >= 4 is 29.1 Å². The number of rotatable bonds is 3. The number of nitrogens with zero attached hydrogens (tertiary/aromatic N) is 3. The predicted octanol–water partition coefficient (Wildman–Crippen LogP) is 3.33. The van der Waals surface area contributed by atoms with E-state index in [-0.39, 0.29) is 0 Å². The zero-order valence-corrected chi connectivity index (χ0v) is 12.1. The third-order valence-electron chi connectivity index (χ3n) is 2.52. The third-order valence-corrected chi connectivity index (χ3v) is 4.14. The molecule has 2 heterocycles. The highest BCUT2D eigenvalue weighted by molar-refractivity contribution is 7.99. The van der Waals surface area contributed by atoms with Crippen molar-refractivity contribution in [3.63, 3.8) is 0 Å². The minimum absolute atomic E-state index is 0.296. The van der Waals surface area contributed by atoms with Crippen LogP contribution in [0.3, 0.4) is 0 Å². The summed E-state index contributed by atoms with van der Waals surface area (Å²) in [6.07, 6.45) is 1.71. The van der Waals surface area contributed by atoms with Gasteiger partial charge in [-0.2, -0.15) is 5.10 Å². The van der Waals surface area contributed by atoms with Gasteiger partial charge in [0.05, 0.1) is 16.4 Å². The fourth-order valence-electron chi connectivity index (χ4n) is 1.63. The first-order valence-corrected chi connectivity index (χ1v) is 6.81. The number of hydrogen-bond acceptors (Lipinski definition) is 4. The number of hydrogen-bond donors (Lipinski definition) is 1. The van der Waals surface area contributed by atoms with Gasteiger partial charge in [-0.25, -0.2) is 4.98 Å². The third kappa shape index (κ3) is 2.47. The monoisotopic (exact) mass is 282 g/mol. The van der Waals surface area contributed by atoms with E-state index >= 15 is 0 Å². The summed E-state index contributed by atoms with van der Waals surface area (Å²) in [6, 6.07) is 3.62. The highest BCUT2D eigenvalue weighted by Crippen LogP contribution is 2.37. The molecule has 0 bridgehead atoms. The van der Waals surface area contributed by atoms with Crippen LogP contribution in [0.2, 0.25) is 5.02 Å². The molecule has 96 valence electrons. The molecule has 0 amide bonds. The Kier molecular flexibility index (Phi) is 3.82. The molecular formula is C12H15ClN4S. The summed E-state index contributed by atoms with van der Waals surface area (Å²) in [6.45, 7) is 4.14. The second kappa shape index (κ2) is 5.20. The van der Waals surface area contributed by atoms with Gasteiger partial charge in [-0.3, -0.25) is 4.68 Å². The first-order valence-electron chi connectivity index (χ1n) is 5.61. The molecule has 0 atom stereocenters. The summed E-state index contributed by atoms with van der Waals surface area (Å²) in [5.74, 6) is 0.296. The van der Waals surface area contributed by atoms with Crippen molar-refractivity contribution < 1.29 is 0 Å². The molecular weight excluding hydrogens is 268 g/mol. The molecule has 2 aromatic rings. The Morgan fingerprint density at radius 3 is 2.72 bits per heavy atom. The summed E-state index contributed by atoms with van der Waals surface area (Å²) in [5, 5.41) is 6.67. The van der Waals surface area contributed by atoms with Crippen LogP contribution in [0.15, 0.2) is 28.4 Å². The Morgan fingerprint density at radius 1 is 1.44 bits per heavy atom. The summed E-state index contributed by atoms with van der Waals surface area (Å²) in [4.78, 5) is 4.24. The summed E-state index contributed by atoms with van der Waals surface area (Å²) >= 11 is 7.53. The van der Waals surface area contributed by atoms with Crippen molar-refractivity contribution in [3.05, 3.63) is 29.0 Å². The van der Waals surface area contributed by atoms with Gasteiger partial charge in [0.2, 0.25) is 0 Å². The quantitative estimate of drug-likeness (QED) is 0.938. The van der Waals surface area contributed by atoms with E-state index in [9.17, 15) is 0 Å². The van der Waals surface area contributed by atoms with Crippen molar-refractivity contribution in [2.75, 3.05) is 5.73 Å². The molecule has 0 aromatic carbocycles. The van der Waals surface area contributed by atoms with Crippen LogP contribution in [-0.2, 0) is 7.05 Å². The lowest BCUT2D eigenvalue weighted by Crippen LogP contribution is -1.94. The van der Waals surface area contributed by atoms with Gasteiger partial charge in [0.15, 0.2) is 0 Å². The van der Waals surface area contributed by atoms with Gasteiger partial charge in [0, 0.05) is 13.2 Å². The lowest BCUT2D eigenvalue weighted by molar-refractivity contribution is 0.670. The predicted molar refractivity (Wildman–Crippen MR) is 75.1 cm³/mol. The largest absolute Gasteiger partial charge is 0.395 e. The Hall–Kier alpha value is -1.20. The molecule has 6 heteroatoms. The van der Waals surface area contributed by atoms with E-state index in [2.05, 4.69) is 23.9 Å². The van der Waals surface area contributed by atoms with E-state index in [1.54, 1.807) is 16.9 Å². The smallest absolute Gasteiger partial charge is 0.123 e. The van der Waals surface area contributed by atoms with Gasteiger partial charge >= 0.3 is 0 Å². The van der Waals surface area contributed by atoms with Crippen molar-refractivity contribution in [2.24, 2.45) is 7.05 Å². The van der Waals surface area contributed by atoms with E-state index in [4.69, 9.17) is 17.3 Å². The minimum atomic E-state index is 0.296. The van der Waals surface area contributed by atoms with Crippen LogP contribution in [0, 0.1) is 0 Å². The second-order valence-electron chi connectivity index (χ2n) is 4.27. The SMILES string of the molecule is CC(C)c1nn(C)c(Sc2ncccc2Cl)c1N. The van der Waals surface area contributed by atoms with E-state index in [1.807, 2.05) is 13.1 Å². The van der Waals surface area contributed by atoms with Crippen molar-refractivity contribution in [3.8, 4) is 0 Å². The van der Waals surface area contributed by atoms with E-state index in [0.29, 0.717) is 16.6 Å². The maximum absolute atomic E-state index is 6.13. The van der Waals surface area contributed by atoms with E-state index in [1.165, 1.54) is 11.8 Å². The van der Waals surface area contributed by atoms with E-state index < -0.39 is 0 Å². The van der Waals surface area contributed by atoms with Crippen molar-refractivity contribution in [1.82, 2.24) is 14.8 Å². The van der Waals surface area contributed by atoms with Gasteiger partial charge in [-0.1, -0.05) is 25.4 Å². The molecule has 0 aliphatic rings. The second-order valence-corrected chi connectivity index (χ2v) is 5.66. The van der Waals surface area contributed by atoms with Crippen LogP contribution < -0.4 is 5.73 Å². The molecule has 0 spiro atoms. The lowest BCUT2D eigenvalue weighted by Gasteiger charge is -2.04. The van der Waals surface area contributed by atoms with Crippen LogP contribution in [-0.4, -0.2) is 14.8 Å². The molecule has 0 aliphatic heterocycles. The summed E-state index contributed by atoms with van der Waals surface area (Å²) < 4.78 is 1.78. The molecule has 2 rings (SSSR count). The average molecular weight is 283 g/mol. The molecule has 0 radical (unpaired) electrons. The van der Waals surface area contributed by atoms with Crippen molar-refractivity contribution in [2.45, 2.75) is 29.8 Å². The molecule has 0 unspecified atom stereocenters. The Morgan fingerprint density at radius 2 is 2.17 bits per heavy atom. The van der Waals surface area contributed by atoms with Crippen LogP contribution in [0.5, 0.6) is 0 Å². The number of pyridine rings is 1. The first-order chi connectivity index (χ1) is 8.50. The Labute approximate surface area is 116 Å². The Bertz CT molecular complexity index is 565. The number of nitrogens with two attached hydrogens (primary N) is 1. The fraction of sp³-hybridized carbons (Fsp3) is 0.333. The molecule has 2 N–H and O–H groups in total. The minimum Gasteiger partial charge on any atom is -0.395 e. The zero-order chi connectivity index (χ0) is 13.3. The number of aryl methyl sites for hydroxylation is 1. The Balaban J connectivity index is 2.38. The van der Waals surface area contributed by atoms with Crippen molar-refractivity contribution in [1.29, 1.82) is 0 Å². The molecule has 0 saturated carbocycles. The van der Waals surface area contributed by atoms with Crippen LogP contribution in [0.4, 0.5) is 5.69 Å². The highest BCUT2D eigenvalue weighted by atomic mass is 35.5. The molecule has 2 aromatic heterocycles. The fourth-order valence-corrected chi connectivity index (χ4v) is 2.72. The van der Waals surface area contributed by atoms with Gasteiger partial charge in [-0.05, 0) is 29.8 Å². The lowest BCUT2D eigenvalue weighted by atomic mass is 10.1. The normalized spacial score (nSPS) is 11.2. The number of nitrogen functional groups attached to an aromatic ring is 1. The number of halogens is 1. The van der Waals surface area contributed by atoms with Gasteiger partial charge in [0.25, 0.3) is 0 Å². The molecule has 4 nitrogen and oxygen atoms in total. The van der Waals surface area contributed by atoms with Gasteiger partial charge in [-0.15, -0.1) is 0 Å². The average Bonchev–Trinajstić information content (AvgIpc) is 2.60. The maximum atomic E-state index is 6.13. The molecule has 18 heavy (non-hydrogen) atoms. The number of anilines is 1.